The Morgan fingerprint density at radius 3 is 2.61 bits per heavy atom. The van der Waals surface area contributed by atoms with Gasteiger partial charge in [0.2, 0.25) is 0 Å². The Morgan fingerprint density at radius 1 is 1.33 bits per heavy atom. The number of benzene rings is 1. The van der Waals surface area contributed by atoms with Gasteiger partial charge in [-0.05, 0) is 24.5 Å². The molecule has 0 unspecified atom stereocenters. The molecule has 1 aromatic rings. The highest BCUT2D eigenvalue weighted by Crippen LogP contribution is 2.44. The molecule has 0 aromatic heterocycles. The molecule has 18 heavy (non-hydrogen) atoms. The second-order valence-corrected chi connectivity index (χ2v) is 5.65. The van der Waals surface area contributed by atoms with Crippen molar-refractivity contribution in [2.75, 3.05) is 20.3 Å². The summed E-state index contributed by atoms with van der Waals surface area (Å²) >= 11 is 12.2. The average molecular weight is 290 g/mol. The van der Waals surface area contributed by atoms with E-state index < -0.39 is 0 Å². The van der Waals surface area contributed by atoms with Crippen LogP contribution in [0.3, 0.4) is 0 Å². The summed E-state index contributed by atoms with van der Waals surface area (Å²) in [6.07, 6.45) is 2.18. The van der Waals surface area contributed by atoms with E-state index in [9.17, 15) is 5.11 Å². The zero-order valence-electron chi connectivity index (χ0n) is 10.3. The molecule has 0 amide bonds. The number of hydrogen-bond acceptors (Lipinski definition) is 3. The molecule has 0 spiro atoms. The van der Waals surface area contributed by atoms with E-state index in [4.69, 9.17) is 27.9 Å². The fourth-order valence-corrected chi connectivity index (χ4v) is 2.38. The summed E-state index contributed by atoms with van der Waals surface area (Å²) in [5.74, 6) is 0.583. The molecule has 1 aliphatic rings. The second-order valence-electron chi connectivity index (χ2n) is 4.84. The van der Waals surface area contributed by atoms with Crippen LogP contribution in [-0.2, 0) is 6.54 Å². The van der Waals surface area contributed by atoms with E-state index in [0.29, 0.717) is 22.3 Å². The number of rotatable bonds is 6. The Labute approximate surface area is 117 Å². The van der Waals surface area contributed by atoms with E-state index in [1.54, 1.807) is 13.2 Å². The maximum absolute atomic E-state index is 9.22. The summed E-state index contributed by atoms with van der Waals surface area (Å²) in [7, 11) is 1.56. The van der Waals surface area contributed by atoms with Gasteiger partial charge in [-0.25, -0.2) is 0 Å². The first-order valence-electron chi connectivity index (χ1n) is 5.94. The summed E-state index contributed by atoms with van der Waals surface area (Å²) in [6.45, 7) is 1.70. The molecule has 2 N–H and O–H groups in total. The zero-order valence-corrected chi connectivity index (χ0v) is 11.8. The number of halogens is 2. The van der Waals surface area contributed by atoms with Crippen LogP contribution in [0.4, 0.5) is 0 Å². The van der Waals surface area contributed by atoms with Crippen molar-refractivity contribution in [3.63, 3.8) is 0 Å². The zero-order chi connectivity index (χ0) is 13.2. The molecule has 1 fully saturated rings. The maximum atomic E-state index is 9.22. The lowest BCUT2D eigenvalue weighted by Gasteiger charge is -2.14. The monoisotopic (exact) mass is 289 g/mol. The van der Waals surface area contributed by atoms with Gasteiger partial charge in [0.15, 0.2) is 0 Å². The van der Waals surface area contributed by atoms with Crippen LogP contribution in [0.1, 0.15) is 18.4 Å². The van der Waals surface area contributed by atoms with Gasteiger partial charge in [-0.3, -0.25) is 0 Å². The van der Waals surface area contributed by atoms with Crippen LogP contribution in [-0.4, -0.2) is 25.4 Å². The molecule has 0 aliphatic heterocycles. The Balaban J connectivity index is 1.95. The van der Waals surface area contributed by atoms with E-state index in [1.165, 1.54) is 0 Å². The lowest BCUT2D eigenvalue weighted by atomic mass is 10.1. The third-order valence-corrected chi connectivity index (χ3v) is 4.08. The first-order valence-corrected chi connectivity index (χ1v) is 6.69. The van der Waals surface area contributed by atoms with E-state index in [1.807, 2.05) is 6.07 Å². The van der Waals surface area contributed by atoms with Gasteiger partial charge in [-0.1, -0.05) is 23.2 Å². The lowest BCUT2D eigenvalue weighted by molar-refractivity contribution is 0.207. The molecule has 0 bridgehead atoms. The summed E-state index contributed by atoms with van der Waals surface area (Å²) in [5, 5.41) is 13.7. The SMILES string of the molecule is COc1cc(Cl)c(CNCC2(CO)CC2)cc1Cl. The molecular weight excluding hydrogens is 273 g/mol. The van der Waals surface area contributed by atoms with Crippen LogP contribution < -0.4 is 10.1 Å². The highest BCUT2D eigenvalue weighted by molar-refractivity contribution is 6.34. The summed E-state index contributed by atoms with van der Waals surface area (Å²) in [5.41, 5.74) is 1.04. The lowest BCUT2D eigenvalue weighted by Crippen LogP contribution is -2.26. The predicted octanol–water partition coefficient (Wildman–Crippen LogP) is 2.86. The first-order chi connectivity index (χ1) is 8.60. The van der Waals surface area contributed by atoms with Gasteiger partial charge in [0.05, 0.1) is 12.1 Å². The minimum Gasteiger partial charge on any atom is -0.495 e. The van der Waals surface area contributed by atoms with Gasteiger partial charge < -0.3 is 15.2 Å². The van der Waals surface area contributed by atoms with Crippen LogP contribution >= 0.6 is 23.2 Å². The van der Waals surface area contributed by atoms with Gasteiger partial charge in [0.25, 0.3) is 0 Å². The number of ether oxygens (including phenoxy) is 1. The van der Waals surface area contributed by atoms with Crippen LogP contribution in [0.15, 0.2) is 12.1 Å². The van der Waals surface area contributed by atoms with Crippen LogP contribution in [0.25, 0.3) is 0 Å². The van der Waals surface area contributed by atoms with Crippen molar-refractivity contribution in [2.45, 2.75) is 19.4 Å². The van der Waals surface area contributed by atoms with Crippen LogP contribution in [0.5, 0.6) is 5.75 Å². The smallest absolute Gasteiger partial charge is 0.138 e. The summed E-state index contributed by atoms with van der Waals surface area (Å²) < 4.78 is 5.10. The molecule has 3 nitrogen and oxygen atoms in total. The predicted molar refractivity (Wildman–Crippen MR) is 73.5 cm³/mol. The van der Waals surface area contributed by atoms with Crippen molar-refractivity contribution in [1.82, 2.24) is 5.32 Å². The number of nitrogens with one attached hydrogen (secondary N) is 1. The Morgan fingerprint density at radius 2 is 2.06 bits per heavy atom. The van der Waals surface area contributed by atoms with Gasteiger partial charge in [-0.2, -0.15) is 0 Å². The van der Waals surface area contributed by atoms with Crippen molar-refractivity contribution < 1.29 is 9.84 Å². The number of hydrogen-bond donors (Lipinski definition) is 2. The Kier molecular flexibility index (Phi) is 4.38. The Hall–Kier alpha value is -0.480. The molecular formula is C13H17Cl2NO2. The van der Waals surface area contributed by atoms with Gasteiger partial charge in [-0.15, -0.1) is 0 Å². The normalized spacial score (nSPS) is 16.7. The quantitative estimate of drug-likeness (QED) is 0.846. The molecule has 100 valence electrons. The minimum absolute atomic E-state index is 0.0999. The highest BCUT2D eigenvalue weighted by Gasteiger charge is 2.41. The number of methoxy groups -OCH3 is 1. The van der Waals surface area contributed by atoms with Crippen LogP contribution in [0.2, 0.25) is 10.0 Å². The fourth-order valence-electron chi connectivity index (χ4n) is 1.89. The van der Waals surface area contributed by atoms with Gasteiger partial charge in [0, 0.05) is 36.2 Å². The molecule has 1 aliphatic carbocycles. The van der Waals surface area contributed by atoms with E-state index in [0.717, 1.165) is 24.9 Å². The molecule has 1 aromatic carbocycles. The first kappa shape index (κ1) is 13.9. The number of aliphatic hydroxyl groups is 1. The standard InChI is InChI=1S/C13H17Cl2NO2/c1-18-12-5-10(14)9(4-11(12)15)6-16-7-13(8-17)2-3-13/h4-5,16-17H,2-3,6-8H2,1H3. The Bertz CT molecular complexity index is 433. The molecule has 2 rings (SSSR count). The minimum atomic E-state index is 0.0999. The number of aliphatic hydroxyl groups excluding tert-OH is 1. The average Bonchev–Trinajstić information content (AvgIpc) is 3.13. The third-order valence-electron chi connectivity index (χ3n) is 3.43. The van der Waals surface area contributed by atoms with Crippen LogP contribution in [0, 0.1) is 5.41 Å². The topological polar surface area (TPSA) is 41.5 Å². The van der Waals surface area contributed by atoms with Crippen molar-refractivity contribution in [1.29, 1.82) is 0 Å². The fraction of sp³-hybridized carbons (Fsp3) is 0.538. The molecule has 0 saturated heterocycles. The molecule has 0 heterocycles. The molecule has 1 saturated carbocycles. The van der Waals surface area contributed by atoms with Crippen molar-refractivity contribution in [2.24, 2.45) is 5.41 Å². The molecule has 0 atom stereocenters. The van der Waals surface area contributed by atoms with Crippen molar-refractivity contribution >= 4 is 23.2 Å². The van der Waals surface area contributed by atoms with Gasteiger partial charge in [0.1, 0.15) is 5.75 Å². The van der Waals surface area contributed by atoms with E-state index in [-0.39, 0.29) is 12.0 Å². The molecule has 5 heteroatoms. The van der Waals surface area contributed by atoms with E-state index >= 15 is 0 Å². The summed E-state index contributed by atoms with van der Waals surface area (Å²) in [6, 6.07) is 3.54. The molecule has 0 radical (unpaired) electrons. The summed E-state index contributed by atoms with van der Waals surface area (Å²) in [4.78, 5) is 0. The maximum Gasteiger partial charge on any atom is 0.138 e. The van der Waals surface area contributed by atoms with Gasteiger partial charge >= 0.3 is 0 Å². The third kappa shape index (κ3) is 3.09. The largest absolute Gasteiger partial charge is 0.495 e. The van der Waals surface area contributed by atoms with Crippen molar-refractivity contribution in [3.05, 3.63) is 27.7 Å². The van der Waals surface area contributed by atoms with Crippen molar-refractivity contribution in [3.8, 4) is 5.75 Å². The van der Waals surface area contributed by atoms with E-state index in [2.05, 4.69) is 5.32 Å². The second kappa shape index (κ2) is 5.66. The highest BCUT2D eigenvalue weighted by atomic mass is 35.5.